The quantitative estimate of drug-likeness (QED) is 0.225. The van der Waals surface area contributed by atoms with Crippen molar-refractivity contribution in [1.29, 1.82) is 0 Å². The van der Waals surface area contributed by atoms with Crippen LogP contribution in [0.3, 0.4) is 0 Å². The number of ether oxygens (including phenoxy) is 1. The molecule has 1 unspecified atom stereocenters. The zero-order chi connectivity index (χ0) is 29.6. The van der Waals surface area contributed by atoms with Gasteiger partial charge < -0.3 is 24.6 Å². The second-order valence-corrected chi connectivity index (χ2v) is 13.5. The molecule has 3 N–H and O–H groups in total. The zero-order valence-electron chi connectivity index (χ0n) is 24.4. The van der Waals surface area contributed by atoms with Crippen LogP contribution in [0.1, 0.15) is 71.0 Å². The smallest absolute Gasteiger partial charge is 0.340 e. The molecular weight excluding hydrogens is 524 g/mol. The van der Waals surface area contributed by atoms with E-state index in [0.717, 1.165) is 37.8 Å². The molecule has 4 rings (SSSR count). The number of hydrogen-bond donors (Lipinski definition) is 3. The summed E-state index contributed by atoms with van der Waals surface area (Å²) in [5, 5.41) is 30.4. The Morgan fingerprint density at radius 3 is 2.00 bits per heavy atom. The monoisotopic (exact) mass is 562 g/mol. The van der Waals surface area contributed by atoms with Crippen molar-refractivity contribution < 1.29 is 24.9 Å². The summed E-state index contributed by atoms with van der Waals surface area (Å²) < 4.78 is 7.92. The topological polar surface area (TPSA) is 105 Å². The molecule has 0 radical (unpaired) electrons. The van der Waals surface area contributed by atoms with E-state index in [0.29, 0.717) is 11.5 Å². The van der Waals surface area contributed by atoms with E-state index in [9.17, 15) is 20.1 Å². The number of phenols is 1. The lowest BCUT2D eigenvalue weighted by Crippen LogP contribution is -2.31. The van der Waals surface area contributed by atoms with Gasteiger partial charge in [-0.25, -0.2) is 9.78 Å². The van der Waals surface area contributed by atoms with Gasteiger partial charge in [0.05, 0.1) is 11.0 Å². The van der Waals surface area contributed by atoms with Crippen molar-refractivity contribution in [3.63, 3.8) is 0 Å². The van der Waals surface area contributed by atoms with Gasteiger partial charge in [0.2, 0.25) is 0 Å². The van der Waals surface area contributed by atoms with E-state index < -0.39 is 11.6 Å². The highest BCUT2D eigenvalue weighted by Gasteiger charge is 2.32. The molecule has 0 aliphatic carbocycles. The molecule has 8 heteroatoms. The van der Waals surface area contributed by atoms with Crippen molar-refractivity contribution in [2.75, 3.05) is 0 Å². The highest BCUT2D eigenvalue weighted by Crippen LogP contribution is 2.43. The first kappa shape index (κ1) is 29.5. The van der Waals surface area contributed by atoms with Crippen LogP contribution in [-0.4, -0.2) is 30.8 Å². The molecular formula is C32H38N2O5S. The van der Waals surface area contributed by atoms with E-state index in [1.807, 2.05) is 17.7 Å². The van der Waals surface area contributed by atoms with Crippen LogP contribution < -0.4 is 4.74 Å². The number of benzene rings is 3. The zero-order valence-corrected chi connectivity index (χ0v) is 25.2. The lowest BCUT2D eigenvalue weighted by atomic mass is 9.79. The first-order valence-corrected chi connectivity index (χ1v) is 14.0. The van der Waals surface area contributed by atoms with Crippen LogP contribution in [0, 0.1) is 0 Å². The number of aryl methyl sites for hydroxylation is 1. The van der Waals surface area contributed by atoms with Crippen LogP contribution in [0.4, 0.5) is 0 Å². The Balaban J connectivity index is 1.57. The highest BCUT2D eigenvalue weighted by molar-refractivity contribution is 7.99. The van der Waals surface area contributed by atoms with E-state index in [-0.39, 0.29) is 23.0 Å². The van der Waals surface area contributed by atoms with Gasteiger partial charge in [0, 0.05) is 28.0 Å². The van der Waals surface area contributed by atoms with Crippen LogP contribution in [0.5, 0.6) is 11.5 Å². The summed E-state index contributed by atoms with van der Waals surface area (Å²) in [4.78, 5) is 18.2. The molecule has 0 saturated carbocycles. The van der Waals surface area contributed by atoms with Gasteiger partial charge in [0.15, 0.2) is 5.60 Å². The summed E-state index contributed by atoms with van der Waals surface area (Å²) in [5.74, 6) is 0.351. The molecule has 0 aliphatic heterocycles. The third-order valence-corrected chi connectivity index (χ3v) is 8.04. The average molecular weight is 563 g/mol. The maximum Gasteiger partial charge on any atom is 0.340 e. The van der Waals surface area contributed by atoms with Gasteiger partial charge in [-0.2, -0.15) is 0 Å². The molecule has 0 spiro atoms. The Kier molecular flexibility index (Phi) is 7.73. The number of fused-ring (bicyclic) bond motifs is 1. The fourth-order valence-electron chi connectivity index (χ4n) is 4.51. The minimum atomic E-state index is -1.96. The van der Waals surface area contributed by atoms with Crippen molar-refractivity contribution >= 4 is 28.8 Å². The third-order valence-electron chi connectivity index (χ3n) is 7.08. The second kappa shape index (κ2) is 10.5. The number of aliphatic carboxylic acids is 1. The number of aromatic nitrogens is 2. The van der Waals surface area contributed by atoms with Crippen molar-refractivity contribution in [3.05, 3.63) is 77.1 Å². The third kappa shape index (κ3) is 5.98. The van der Waals surface area contributed by atoms with Gasteiger partial charge in [0.25, 0.3) is 0 Å². The van der Waals surface area contributed by atoms with E-state index >= 15 is 0 Å². The molecule has 0 saturated heterocycles. The standard InChI is InChI=1S/C32H38N2O5S/c1-30(2,3)23-15-22(16-24(28(23)35)31(4,5)6)40-21-13-14-25-26(17-21)34(8)27(33-25)18-39-20-11-9-19(10-12-20)32(7,38)29(36)37/h9-17,35,38H,18H2,1-8H3,(H,36,37). The molecule has 212 valence electrons. The van der Waals surface area contributed by atoms with Crippen molar-refractivity contribution in [1.82, 2.24) is 9.55 Å². The molecule has 1 heterocycles. The van der Waals surface area contributed by atoms with E-state index in [2.05, 4.69) is 65.8 Å². The molecule has 0 fully saturated rings. The van der Waals surface area contributed by atoms with Crippen LogP contribution in [0.2, 0.25) is 0 Å². The van der Waals surface area contributed by atoms with Gasteiger partial charge in [0.1, 0.15) is 23.9 Å². The number of hydrogen-bond acceptors (Lipinski definition) is 6. The minimum Gasteiger partial charge on any atom is -0.507 e. The fourth-order valence-corrected chi connectivity index (χ4v) is 5.44. The van der Waals surface area contributed by atoms with E-state index in [1.54, 1.807) is 36.0 Å². The molecule has 7 nitrogen and oxygen atoms in total. The summed E-state index contributed by atoms with van der Waals surface area (Å²) in [5.41, 5.74) is 1.61. The highest BCUT2D eigenvalue weighted by atomic mass is 32.2. The Morgan fingerprint density at radius 1 is 0.900 bits per heavy atom. The maximum atomic E-state index is 11.3. The Hall–Kier alpha value is -3.49. The number of imidazole rings is 1. The van der Waals surface area contributed by atoms with Crippen LogP contribution in [0.25, 0.3) is 11.0 Å². The largest absolute Gasteiger partial charge is 0.507 e. The number of carboxylic acid groups (broad SMARTS) is 1. The molecule has 1 aromatic heterocycles. The first-order valence-electron chi connectivity index (χ1n) is 13.2. The summed E-state index contributed by atoms with van der Waals surface area (Å²) in [6, 6.07) is 16.7. The van der Waals surface area contributed by atoms with Crippen molar-refractivity contribution in [2.24, 2.45) is 7.05 Å². The summed E-state index contributed by atoms with van der Waals surface area (Å²) in [6.07, 6.45) is 0. The van der Waals surface area contributed by atoms with Crippen molar-refractivity contribution in [3.8, 4) is 11.5 Å². The second-order valence-electron chi connectivity index (χ2n) is 12.4. The number of phenolic OH excluding ortho intramolecular Hbond substituents is 1. The van der Waals surface area contributed by atoms with Crippen LogP contribution >= 0.6 is 11.8 Å². The number of carbonyl (C=O) groups is 1. The molecule has 1 atom stereocenters. The van der Waals surface area contributed by atoms with Gasteiger partial charge in [-0.3, -0.25) is 0 Å². The van der Waals surface area contributed by atoms with Gasteiger partial charge in [-0.15, -0.1) is 0 Å². The fraction of sp³-hybridized carbons (Fsp3) is 0.375. The predicted octanol–water partition coefficient (Wildman–Crippen LogP) is 6.90. The Morgan fingerprint density at radius 2 is 1.48 bits per heavy atom. The maximum absolute atomic E-state index is 11.3. The van der Waals surface area contributed by atoms with Gasteiger partial charge in [-0.05, 0) is 65.8 Å². The average Bonchev–Trinajstić information content (AvgIpc) is 3.17. The van der Waals surface area contributed by atoms with E-state index in [4.69, 9.17) is 9.72 Å². The minimum absolute atomic E-state index is 0.199. The predicted molar refractivity (Wildman–Crippen MR) is 158 cm³/mol. The lowest BCUT2D eigenvalue weighted by molar-refractivity contribution is -0.157. The van der Waals surface area contributed by atoms with Crippen LogP contribution in [0.15, 0.2) is 64.4 Å². The first-order chi connectivity index (χ1) is 18.5. The normalized spacial score (nSPS) is 13.8. The number of nitrogens with zero attached hydrogens (tertiary/aromatic N) is 2. The molecule has 4 aromatic rings. The number of aromatic hydroxyl groups is 1. The lowest BCUT2D eigenvalue weighted by Gasteiger charge is -2.28. The van der Waals surface area contributed by atoms with Gasteiger partial charge in [-0.1, -0.05) is 65.4 Å². The van der Waals surface area contributed by atoms with Gasteiger partial charge >= 0.3 is 5.97 Å². The van der Waals surface area contributed by atoms with Crippen molar-refractivity contribution in [2.45, 2.75) is 81.3 Å². The molecule has 3 aromatic carbocycles. The number of aliphatic hydroxyl groups is 1. The Bertz CT molecular complexity index is 1520. The number of carboxylic acids is 1. The summed E-state index contributed by atoms with van der Waals surface area (Å²) >= 11 is 1.66. The summed E-state index contributed by atoms with van der Waals surface area (Å²) in [7, 11) is 1.95. The number of rotatable bonds is 7. The molecule has 0 bridgehead atoms. The van der Waals surface area contributed by atoms with Crippen LogP contribution in [-0.2, 0) is 34.9 Å². The summed E-state index contributed by atoms with van der Waals surface area (Å²) in [6.45, 7) is 14.1. The molecule has 0 aliphatic rings. The SMILES string of the molecule is Cn1c(COc2ccc(C(C)(O)C(=O)O)cc2)nc2ccc(Sc3cc(C(C)(C)C)c(O)c(C(C)(C)C)c3)cc21. The molecule has 0 amide bonds. The van der Waals surface area contributed by atoms with E-state index in [1.165, 1.54) is 6.92 Å². The molecule has 40 heavy (non-hydrogen) atoms. The Labute approximate surface area is 239 Å².